The number of amides is 3. The smallest absolute Gasteiger partial charge is 0.373 e. The van der Waals surface area contributed by atoms with E-state index in [2.05, 4.69) is 126 Å². The van der Waals surface area contributed by atoms with Gasteiger partial charge in [0.2, 0.25) is 17.7 Å². The normalized spacial score (nSPS) is 23.8. The molecule has 15 unspecified atom stereocenters. The highest BCUT2D eigenvalue weighted by molar-refractivity contribution is 8.76. The number of Topliss-reactive ketones (excluding diaryl/α,β-unsaturated/α-hetero) is 1. The Labute approximate surface area is 843 Å². The number of piperidine rings is 1. The first-order chi connectivity index (χ1) is 67.6. The molecule has 1 spiro atoms. The van der Waals surface area contributed by atoms with E-state index in [0.29, 0.717) is 90.4 Å². The number of rotatable bonds is 57. The van der Waals surface area contributed by atoms with Gasteiger partial charge in [0, 0.05) is 156 Å². The van der Waals surface area contributed by atoms with Gasteiger partial charge in [-0.3, -0.25) is 48.2 Å². The van der Waals surface area contributed by atoms with E-state index in [-0.39, 0.29) is 170 Å². The topological polar surface area (TPSA) is 542 Å². The molecule has 9 rings (SSSR count). The summed E-state index contributed by atoms with van der Waals surface area (Å²) in [7, 11) is 11.1. The summed E-state index contributed by atoms with van der Waals surface area (Å²) in [6.45, 7) is 25.6. The number of nitrogens with one attached hydrogen (secondary N) is 4. The van der Waals surface area contributed by atoms with Gasteiger partial charge >= 0.3 is 36.0 Å². The first-order valence-electron chi connectivity index (χ1n) is 49.6. The molecule has 6 heterocycles. The van der Waals surface area contributed by atoms with Crippen LogP contribution < -0.4 is 20.9 Å². The molecule has 2 aromatic carbocycles. The summed E-state index contributed by atoms with van der Waals surface area (Å²) >= 11 is 0. The molecule has 142 heavy (non-hydrogen) atoms. The van der Waals surface area contributed by atoms with E-state index >= 15 is 4.79 Å². The second-order valence-electron chi connectivity index (χ2n) is 37.7. The number of nitrogens with zero attached hydrogens (tertiary/aromatic N) is 3. The number of aromatic nitrogens is 1. The number of para-hydroxylation sites is 1. The van der Waals surface area contributed by atoms with Crippen LogP contribution in [0.2, 0.25) is 0 Å². The lowest BCUT2D eigenvalue weighted by atomic mass is 9.47. The molecule has 3 fully saturated rings. The molecule has 6 aliphatic rings. The van der Waals surface area contributed by atoms with E-state index < -0.39 is 118 Å². The van der Waals surface area contributed by atoms with Gasteiger partial charge in [0.15, 0.2) is 36.5 Å². The third-order valence-corrected chi connectivity index (χ3v) is 30.1. The lowest BCUT2D eigenvalue weighted by Gasteiger charge is -2.63. The van der Waals surface area contributed by atoms with E-state index in [1.807, 2.05) is 41.0 Å². The van der Waals surface area contributed by atoms with Crippen molar-refractivity contribution >= 4 is 97.7 Å². The predicted molar refractivity (Wildman–Crippen MR) is 530 cm³/mol. The fourth-order valence-corrected chi connectivity index (χ4v) is 22.1. The van der Waals surface area contributed by atoms with Gasteiger partial charge in [-0.05, 0) is 184 Å². The van der Waals surface area contributed by atoms with E-state index in [0.717, 1.165) is 67.6 Å². The summed E-state index contributed by atoms with van der Waals surface area (Å²) in [5, 5.41) is 101. The minimum atomic E-state index is -2.17. The molecule has 806 valence electrons. The number of carboxylic acid groups (broad SMARTS) is 1. The fraction of sp³-hybridized carbons (Fsp3) is 0.743. The number of likely N-dealkylation sites (N-methyl/N-ethyl adjacent to an activating group) is 1. The molecule has 13 N–H and O–H groups in total. The number of ketones is 1. The number of carboxylic acids is 1. The van der Waals surface area contributed by atoms with Gasteiger partial charge in [-0.2, -0.15) is 9.59 Å². The van der Waals surface area contributed by atoms with E-state index in [1.54, 1.807) is 21.6 Å². The maximum Gasteiger partial charge on any atom is 0.373 e. The van der Waals surface area contributed by atoms with Crippen LogP contribution in [-0.2, 0) is 127 Å². The quantitative estimate of drug-likeness (QED) is 0.00662. The highest BCUT2D eigenvalue weighted by Crippen LogP contribution is 2.67. The van der Waals surface area contributed by atoms with E-state index in [9.17, 15) is 58.8 Å². The van der Waals surface area contributed by atoms with Gasteiger partial charge in [-0.1, -0.05) is 99.5 Å². The van der Waals surface area contributed by atoms with Crippen LogP contribution in [0.4, 0.5) is 5.69 Å². The van der Waals surface area contributed by atoms with Crippen LogP contribution in [0.5, 0.6) is 0 Å². The third-order valence-electron chi connectivity index (χ3n) is 27.4. The zero-order valence-electron chi connectivity index (χ0n) is 86.3. The summed E-state index contributed by atoms with van der Waals surface area (Å²) < 4.78 is 62.1. The Morgan fingerprint density at radius 2 is 1.16 bits per heavy atom. The number of anilines is 1. The highest BCUT2D eigenvalue weighted by atomic mass is 33.1. The fourth-order valence-electron chi connectivity index (χ4n) is 19.9. The molecular formula is C101H163N7O32S2. The zero-order chi connectivity index (χ0) is 106. The van der Waals surface area contributed by atoms with E-state index in [1.165, 1.54) is 57.6 Å². The number of aryl methyl sites for hydroxylation is 1. The van der Waals surface area contributed by atoms with Gasteiger partial charge in [0.1, 0.15) is 32.0 Å². The number of fused-ring (bicyclic) bond motifs is 6. The molecule has 1 aliphatic carbocycles. The number of aromatic amines is 1. The summed E-state index contributed by atoms with van der Waals surface area (Å²) in [5.74, 6) is -4.29. The number of carbonyl (C=O) groups is 9. The van der Waals surface area contributed by atoms with Gasteiger partial charge in [0.05, 0.1) is 95.0 Å². The zero-order valence-corrected chi connectivity index (χ0v) is 87.9. The van der Waals surface area contributed by atoms with Crippen molar-refractivity contribution in [1.29, 1.82) is 0 Å². The number of aliphatic hydroxyl groups excluding tert-OH is 6. The van der Waals surface area contributed by atoms with Crippen LogP contribution in [0.25, 0.3) is 10.9 Å². The number of aliphatic hydroxyl groups is 8. The summed E-state index contributed by atoms with van der Waals surface area (Å²) in [6.07, 6.45) is 9.42. The van der Waals surface area contributed by atoms with Crippen LogP contribution in [0.15, 0.2) is 48.6 Å². The first kappa shape index (κ1) is 125. The van der Waals surface area contributed by atoms with Crippen molar-refractivity contribution in [3.63, 3.8) is 0 Å². The lowest BCUT2D eigenvalue weighted by Crippen LogP contribution is -2.80. The van der Waals surface area contributed by atoms with Crippen molar-refractivity contribution in [2.45, 2.75) is 324 Å². The first-order valence-corrected chi connectivity index (χ1v) is 52.2. The predicted octanol–water partition coefficient (Wildman–Crippen LogP) is 7.23. The largest absolute Gasteiger partial charge is 0.481 e. The Hall–Kier alpha value is -7.69. The Balaban J connectivity index is 0.000000451. The number of ether oxygens (including phenoxy) is 12. The molecular weight excluding hydrogens is 1890 g/mol. The van der Waals surface area contributed by atoms with Crippen molar-refractivity contribution in [1.82, 2.24) is 30.7 Å². The molecule has 41 heteroatoms. The van der Waals surface area contributed by atoms with Gasteiger partial charge < -0.3 is 129 Å². The maximum atomic E-state index is 15.2. The van der Waals surface area contributed by atoms with Gasteiger partial charge in [-0.25, -0.2) is 4.79 Å². The number of unbranched alkanes of at least 4 members (excludes halogenated alkanes) is 1. The monoisotopic (exact) mass is 2050 g/mol. The number of esters is 4. The Morgan fingerprint density at radius 3 is 1.68 bits per heavy atom. The van der Waals surface area contributed by atoms with Crippen LogP contribution in [0.3, 0.4) is 0 Å². The summed E-state index contributed by atoms with van der Waals surface area (Å²) in [6, 6.07) is 11.4. The van der Waals surface area contributed by atoms with Gasteiger partial charge in [0.25, 0.3) is 0 Å². The van der Waals surface area contributed by atoms with Crippen LogP contribution in [0, 0.1) is 18.3 Å². The number of carbonyl (C=O) groups excluding carboxylic acids is 10. The van der Waals surface area contributed by atoms with Gasteiger partial charge in [-0.15, -0.1) is 0 Å². The summed E-state index contributed by atoms with van der Waals surface area (Å²) in [5.41, 5.74) is 2.93. The number of methoxy groups -OCH3 is 4. The van der Waals surface area contributed by atoms with Crippen LogP contribution >= 0.6 is 21.6 Å². The van der Waals surface area contributed by atoms with Crippen molar-refractivity contribution in [2.24, 2.45) is 11.3 Å². The second-order valence-corrected chi connectivity index (χ2v) is 40.8. The molecule has 1 aromatic heterocycles. The molecule has 1 saturated carbocycles. The average Bonchev–Trinajstić information content (AvgIpc) is 1.47. The molecule has 3 amide bonds. The average molecular weight is 2050 g/mol. The SMILES string of the molecule is CCC(CO)OC(CO)OC.CCC(CO)OC(COC(=O)CCC(=O)NCCCNC(=O)CCC(C)(C)SSC)OC.CCC(CO)OC(COC(=O)CCC(=O)O)OC.CCC(CO)OC(COC(=O)CCCC(=O)NC(C)C(=O)OCCCCC(=O)[C@]1(O)C2N(C)c3cc(C)c([C@@]4(C)CC5CN(CCc6c4[nH]c4ccccc64)CC(O)(CC)C5)cc3C23CCN2CC=C[C@](CC)(C23)[C@H]1O)OC.O=C=O. The molecule has 0 radical (unpaired) electrons. The molecule has 19 atom stereocenters. The Bertz CT molecular complexity index is 4420. The van der Waals surface area contributed by atoms with Crippen molar-refractivity contribution in [3.05, 3.63) is 76.5 Å². The minimum absolute atomic E-state index is 0.0106. The van der Waals surface area contributed by atoms with E-state index in [4.69, 9.17) is 92.0 Å². The Morgan fingerprint density at radius 1 is 0.627 bits per heavy atom. The number of H-pyrrole nitrogens is 1. The molecule has 3 aromatic rings. The number of benzene rings is 2. The second kappa shape index (κ2) is 62.5. The maximum absolute atomic E-state index is 15.2. The summed E-state index contributed by atoms with van der Waals surface area (Å²) in [4.78, 5) is 137. The van der Waals surface area contributed by atoms with Crippen molar-refractivity contribution < 1.29 is 156 Å². The molecule has 2 bridgehead atoms. The standard InChI is InChI=1S/C61H87N5O12.C21H40N2O7S2.C11H20O7.C7H16O4.CO2/c1-9-41(35-67)78-51(75-8)36-77-50(70)22-16-21-49(69)62-39(5)53(71)76-29-15-14-20-48(68)61(74)55-60(25-28-66-26-17-24-59(11-3,54(60)66)56(61)72)45-31-44(38(4)30-47(45)64(55)7)57(6)32-40-33-58(73,10-2)37-65(34-40)27-23-43-42-18-12-13-19-46(42)63-52(43)57;1-6-16(14-24)30-20(28-4)15-29-19(27)9-8-17(25)22-12-7-13-23-18(26)10-11-21(2,3)32-31-5;1-3-8(6-12)18-11(16-2)7-17-10(15)5-4-9(13)14;1-3-6(4-8)11-7(5-9)10-2;2-1-3/h12-13,17-19,24,30-31,39-41,51,54-56,63,67,72-74H,9-11,14-16,20-23,25-29,32-37H2,1-8H3,(H,62,69);16,20,24H,6-15H2,1-5H3,(H,22,25)(H,23,26);8,11-12H,3-7H2,1-2H3,(H,13,14);6-9H,3-5H2,1-2H3;/t39?,40?,41?,51?,54?,55?,56-,57-,58?,59-,60?,61+;;;;/m1..../s1. The Kier molecular flexibility index (Phi) is 54.9. The van der Waals surface area contributed by atoms with Crippen LogP contribution in [0.1, 0.15) is 238 Å². The molecule has 5 aliphatic heterocycles. The lowest BCUT2D eigenvalue weighted by molar-refractivity contribution is -0.202. The minimum Gasteiger partial charge on any atom is -0.481 e. The van der Waals surface area contributed by atoms with Crippen LogP contribution in [-0.4, -0.2) is 357 Å². The highest BCUT2D eigenvalue weighted by Gasteiger charge is 2.78. The third kappa shape index (κ3) is 35.6. The molecule has 2 saturated heterocycles. The number of hydrogen-bond acceptors (Lipinski definition) is 36. The molecule has 39 nitrogen and oxygen atoms in total. The number of hydrogen-bond donors (Lipinski definition) is 13. The van der Waals surface area contributed by atoms with Crippen molar-refractivity contribution in [3.8, 4) is 0 Å². The number of aliphatic carboxylic acids is 1. The van der Waals surface area contributed by atoms with Crippen molar-refractivity contribution in [2.75, 3.05) is 152 Å².